The van der Waals surface area contributed by atoms with Gasteiger partial charge in [0.15, 0.2) is 0 Å². The molecule has 0 radical (unpaired) electrons. The van der Waals surface area contributed by atoms with Crippen LogP contribution in [0.4, 0.5) is 24.5 Å². The SMILES string of the molecule is CCOc1ccc(C(F)(F)F)cc1NCC(=O)Nc1cccc(S(=O)(=O)N(C)C)c1. The fraction of sp³-hybridized carbons (Fsp3) is 0.316. The first-order valence-corrected chi connectivity index (χ1v) is 10.3. The lowest BCUT2D eigenvalue weighted by Crippen LogP contribution is -2.24. The second-order valence-corrected chi connectivity index (χ2v) is 8.51. The van der Waals surface area contributed by atoms with Crippen LogP contribution in [0.2, 0.25) is 0 Å². The molecule has 2 aromatic carbocycles. The van der Waals surface area contributed by atoms with Crippen LogP contribution in [-0.4, -0.2) is 45.9 Å². The number of halogens is 3. The minimum absolute atomic E-state index is 0.00484. The molecule has 0 bridgehead atoms. The minimum atomic E-state index is -4.54. The van der Waals surface area contributed by atoms with Gasteiger partial charge >= 0.3 is 6.18 Å². The fourth-order valence-electron chi connectivity index (χ4n) is 2.45. The van der Waals surface area contributed by atoms with Crippen molar-refractivity contribution in [3.05, 3.63) is 48.0 Å². The number of alkyl halides is 3. The zero-order chi connectivity index (χ0) is 22.5. The molecule has 0 spiro atoms. The van der Waals surface area contributed by atoms with E-state index in [0.717, 1.165) is 16.4 Å². The highest BCUT2D eigenvalue weighted by atomic mass is 32.2. The zero-order valence-corrected chi connectivity index (χ0v) is 17.4. The molecule has 0 saturated carbocycles. The predicted octanol–water partition coefficient (Wildman–Crippen LogP) is 3.41. The number of carbonyl (C=O) groups is 1. The Kier molecular flexibility index (Phi) is 7.32. The zero-order valence-electron chi connectivity index (χ0n) is 16.6. The molecule has 0 heterocycles. The smallest absolute Gasteiger partial charge is 0.416 e. The quantitative estimate of drug-likeness (QED) is 0.650. The van der Waals surface area contributed by atoms with Gasteiger partial charge in [-0.15, -0.1) is 0 Å². The number of nitrogens with one attached hydrogen (secondary N) is 2. The third-order valence-electron chi connectivity index (χ3n) is 3.94. The van der Waals surface area contributed by atoms with Crippen molar-refractivity contribution < 1.29 is 31.1 Å². The summed E-state index contributed by atoms with van der Waals surface area (Å²) in [6, 6.07) is 8.60. The number of rotatable bonds is 8. The molecule has 2 aromatic rings. The first-order valence-electron chi connectivity index (χ1n) is 8.85. The van der Waals surface area contributed by atoms with Gasteiger partial charge in [0.2, 0.25) is 15.9 Å². The van der Waals surface area contributed by atoms with Gasteiger partial charge in [-0.3, -0.25) is 4.79 Å². The van der Waals surface area contributed by atoms with Gasteiger partial charge in [-0.1, -0.05) is 6.07 Å². The Labute approximate surface area is 172 Å². The number of nitrogens with zero attached hydrogens (tertiary/aromatic N) is 1. The topological polar surface area (TPSA) is 87.7 Å². The molecule has 0 aliphatic heterocycles. The van der Waals surface area contributed by atoms with Gasteiger partial charge in [0.05, 0.1) is 29.3 Å². The van der Waals surface area contributed by atoms with Crippen LogP contribution in [0.15, 0.2) is 47.4 Å². The van der Waals surface area contributed by atoms with E-state index in [-0.39, 0.29) is 35.2 Å². The molecule has 164 valence electrons. The fourth-order valence-corrected chi connectivity index (χ4v) is 3.40. The molecular formula is C19H22F3N3O4S. The maximum Gasteiger partial charge on any atom is 0.416 e. The van der Waals surface area contributed by atoms with Crippen LogP contribution in [-0.2, 0) is 21.0 Å². The molecule has 2 N–H and O–H groups in total. The van der Waals surface area contributed by atoms with E-state index < -0.39 is 27.7 Å². The number of carbonyl (C=O) groups excluding carboxylic acids is 1. The molecule has 2 rings (SSSR count). The van der Waals surface area contributed by atoms with Gasteiger partial charge in [-0.05, 0) is 43.3 Å². The van der Waals surface area contributed by atoms with E-state index in [4.69, 9.17) is 4.74 Å². The van der Waals surface area contributed by atoms with Gasteiger partial charge in [-0.2, -0.15) is 13.2 Å². The van der Waals surface area contributed by atoms with Gasteiger partial charge in [-0.25, -0.2) is 12.7 Å². The van der Waals surface area contributed by atoms with Crippen LogP contribution in [0.5, 0.6) is 5.75 Å². The second-order valence-electron chi connectivity index (χ2n) is 6.36. The Balaban J connectivity index is 2.13. The van der Waals surface area contributed by atoms with E-state index in [1.54, 1.807) is 6.92 Å². The van der Waals surface area contributed by atoms with E-state index in [9.17, 15) is 26.4 Å². The van der Waals surface area contributed by atoms with Crippen molar-refractivity contribution in [1.29, 1.82) is 0 Å². The highest BCUT2D eigenvalue weighted by Crippen LogP contribution is 2.35. The minimum Gasteiger partial charge on any atom is -0.492 e. The van der Waals surface area contributed by atoms with Crippen molar-refractivity contribution in [2.45, 2.75) is 18.0 Å². The molecule has 11 heteroatoms. The van der Waals surface area contributed by atoms with Crippen LogP contribution in [0.3, 0.4) is 0 Å². The third kappa shape index (κ3) is 5.86. The van der Waals surface area contributed by atoms with Crippen molar-refractivity contribution >= 4 is 27.3 Å². The maximum absolute atomic E-state index is 13.0. The molecule has 1 amide bonds. The van der Waals surface area contributed by atoms with Gasteiger partial charge < -0.3 is 15.4 Å². The summed E-state index contributed by atoms with van der Waals surface area (Å²) in [5.41, 5.74) is -0.625. The summed E-state index contributed by atoms with van der Waals surface area (Å²) in [6.07, 6.45) is -4.54. The molecule has 0 fully saturated rings. The summed E-state index contributed by atoms with van der Waals surface area (Å²) in [5.74, 6) is -0.397. The lowest BCUT2D eigenvalue weighted by Gasteiger charge is -2.16. The van der Waals surface area contributed by atoms with E-state index in [1.807, 2.05) is 0 Å². The molecule has 0 aliphatic rings. The molecule has 0 unspecified atom stereocenters. The number of amides is 1. The van der Waals surface area contributed by atoms with Gasteiger partial charge in [0, 0.05) is 19.8 Å². The molecule has 0 saturated heterocycles. The molecule has 7 nitrogen and oxygen atoms in total. The number of hydrogen-bond acceptors (Lipinski definition) is 5. The second kappa shape index (κ2) is 9.35. The van der Waals surface area contributed by atoms with Crippen LogP contribution < -0.4 is 15.4 Å². The monoisotopic (exact) mass is 445 g/mol. The normalized spacial score (nSPS) is 12.0. The van der Waals surface area contributed by atoms with E-state index in [2.05, 4.69) is 10.6 Å². The lowest BCUT2D eigenvalue weighted by molar-refractivity contribution is -0.137. The molecule has 0 aromatic heterocycles. The van der Waals surface area contributed by atoms with E-state index in [0.29, 0.717) is 0 Å². The van der Waals surface area contributed by atoms with E-state index >= 15 is 0 Å². The van der Waals surface area contributed by atoms with Crippen molar-refractivity contribution in [2.75, 3.05) is 37.9 Å². The highest BCUT2D eigenvalue weighted by molar-refractivity contribution is 7.89. The third-order valence-corrected chi connectivity index (χ3v) is 5.75. The highest BCUT2D eigenvalue weighted by Gasteiger charge is 2.31. The predicted molar refractivity (Wildman–Crippen MR) is 107 cm³/mol. The first-order chi connectivity index (χ1) is 13.9. The first kappa shape index (κ1) is 23.5. The van der Waals surface area contributed by atoms with Crippen molar-refractivity contribution in [1.82, 2.24) is 4.31 Å². The van der Waals surface area contributed by atoms with Crippen molar-refractivity contribution in [3.8, 4) is 5.75 Å². The number of anilines is 2. The standard InChI is InChI=1S/C19H22F3N3O4S/c1-4-29-17-9-8-13(19(20,21)22)10-16(17)23-12-18(26)24-14-6-5-7-15(11-14)30(27,28)25(2)3/h5-11,23H,4,12H2,1-3H3,(H,24,26). The van der Waals surface area contributed by atoms with Crippen molar-refractivity contribution in [2.24, 2.45) is 0 Å². The number of ether oxygens (including phenoxy) is 1. The summed E-state index contributed by atoms with van der Waals surface area (Å²) < 4.78 is 69.6. The number of benzene rings is 2. The summed E-state index contributed by atoms with van der Waals surface area (Å²) in [6.45, 7) is 1.56. The summed E-state index contributed by atoms with van der Waals surface area (Å²) in [5, 5.41) is 5.14. The Morgan fingerprint density at radius 3 is 2.43 bits per heavy atom. The van der Waals surface area contributed by atoms with Gasteiger partial charge in [0.1, 0.15) is 5.75 Å². The summed E-state index contributed by atoms with van der Waals surface area (Å²) >= 11 is 0. The average molecular weight is 445 g/mol. The van der Waals surface area contributed by atoms with Crippen molar-refractivity contribution in [3.63, 3.8) is 0 Å². The van der Waals surface area contributed by atoms with Crippen LogP contribution >= 0.6 is 0 Å². The Bertz CT molecular complexity index is 1010. The van der Waals surface area contributed by atoms with Gasteiger partial charge in [0.25, 0.3) is 0 Å². The largest absolute Gasteiger partial charge is 0.492 e. The molecule has 0 aliphatic carbocycles. The summed E-state index contributed by atoms with van der Waals surface area (Å²) in [4.78, 5) is 12.2. The van der Waals surface area contributed by atoms with E-state index in [1.165, 1.54) is 44.4 Å². The van der Waals surface area contributed by atoms with Crippen LogP contribution in [0.1, 0.15) is 12.5 Å². The average Bonchev–Trinajstić information content (AvgIpc) is 2.66. The lowest BCUT2D eigenvalue weighted by atomic mass is 10.1. The Morgan fingerprint density at radius 2 is 1.83 bits per heavy atom. The number of hydrogen-bond donors (Lipinski definition) is 2. The summed E-state index contributed by atoms with van der Waals surface area (Å²) in [7, 11) is -0.909. The molecular weight excluding hydrogens is 423 g/mol. The maximum atomic E-state index is 13.0. The molecule has 0 atom stereocenters. The Morgan fingerprint density at radius 1 is 1.13 bits per heavy atom. The Hall–Kier alpha value is -2.79. The molecule has 30 heavy (non-hydrogen) atoms. The van der Waals surface area contributed by atoms with Crippen LogP contribution in [0, 0.1) is 0 Å². The number of sulfonamides is 1. The van der Waals surface area contributed by atoms with Crippen LogP contribution in [0.25, 0.3) is 0 Å².